The first-order valence-corrected chi connectivity index (χ1v) is 11.5. The fraction of sp³-hybridized carbons (Fsp3) is 0.348. The molecule has 6 rings (SSSR count). The zero-order chi connectivity index (χ0) is 24.3. The van der Waals surface area contributed by atoms with Crippen LogP contribution in [-0.2, 0) is 22.6 Å². The van der Waals surface area contributed by atoms with Gasteiger partial charge in [0.2, 0.25) is 11.8 Å². The second-order valence-electron chi connectivity index (χ2n) is 8.99. The predicted octanol–water partition coefficient (Wildman–Crippen LogP) is 0.653. The van der Waals surface area contributed by atoms with Crippen LogP contribution in [0.25, 0.3) is 5.69 Å². The Labute approximate surface area is 199 Å². The van der Waals surface area contributed by atoms with Gasteiger partial charge in [-0.25, -0.2) is 4.68 Å². The van der Waals surface area contributed by atoms with Crippen molar-refractivity contribution in [1.29, 1.82) is 0 Å². The zero-order valence-corrected chi connectivity index (χ0v) is 18.9. The van der Waals surface area contributed by atoms with Gasteiger partial charge in [0, 0.05) is 25.1 Å². The van der Waals surface area contributed by atoms with Crippen LogP contribution in [0.2, 0.25) is 0 Å². The Balaban J connectivity index is 1.24. The minimum Gasteiger partial charge on any atom is -0.322 e. The summed E-state index contributed by atoms with van der Waals surface area (Å²) in [6.45, 7) is 2.75. The van der Waals surface area contributed by atoms with E-state index in [1.807, 2.05) is 13.0 Å². The molecule has 1 unspecified atom stereocenters. The lowest BCUT2D eigenvalue weighted by molar-refractivity contribution is -0.136. The van der Waals surface area contributed by atoms with E-state index in [0.29, 0.717) is 30.8 Å². The van der Waals surface area contributed by atoms with Crippen molar-refractivity contribution >= 4 is 29.3 Å². The number of aromatic amines is 1. The van der Waals surface area contributed by atoms with Gasteiger partial charge in [0.05, 0.1) is 29.0 Å². The van der Waals surface area contributed by atoms with Crippen molar-refractivity contribution in [3.63, 3.8) is 0 Å². The number of imide groups is 1. The van der Waals surface area contributed by atoms with Crippen molar-refractivity contribution in [1.82, 2.24) is 35.4 Å². The summed E-state index contributed by atoms with van der Waals surface area (Å²) >= 11 is 0. The highest BCUT2D eigenvalue weighted by molar-refractivity contribution is 6.06. The molecule has 1 fully saturated rings. The van der Waals surface area contributed by atoms with E-state index >= 15 is 0 Å². The number of hydrogen-bond donors (Lipinski definition) is 2. The van der Waals surface area contributed by atoms with Gasteiger partial charge in [0.15, 0.2) is 5.69 Å². The molecular formula is C23H22N8O4. The van der Waals surface area contributed by atoms with E-state index in [2.05, 4.69) is 25.8 Å². The molecule has 3 aliphatic heterocycles. The Morgan fingerprint density at radius 3 is 2.86 bits per heavy atom. The van der Waals surface area contributed by atoms with Crippen molar-refractivity contribution in [2.75, 3.05) is 11.4 Å². The number of H-pyrrole nitrogens is 1. The van der Waals surface area contributed by atoms with Gasteiger partial charge < -0.3 is 9.80 Å². The van der Waals surface area contributed by atoms with Gasteiger partial charge in [-0.3, -0.25) is 29.6 Å². The number of anilines is 1. The lowest BCUT2D eigenvalue weighted by Crippen LogP contribution is -2.52. The molecule has 5 heterocycles. The van der Waals surface area contributed by atoms with Crippen LogP contribution in [0.1, 0.15) is 57.1 Å². The average Bonchev–Trinajstić information content (AvgIpc) is 3.57. The van der Waals surface area contributed by atoms with Crippen LogP contribution >= 0.6 is 0 Å². The maximum atomic E-state index is 13.2. The monoisotopic (exact) mass is 474 g/mol. The molecule has 4 amide bonds. The van der Waals surface area contributed by atoms with E-state index < -0.39 is 11.9 Å². The molecule has 2 aromatic heterocycles. The quantitative estimate of drug-likeness (QED) is 0.530. The van der Waals surface area contributed by atoms with Crippen molar-refractivity contribution in [2.45, 2.75) is 45.2 Å². The van der Waals surface area contributed by atoms with Gasteiger partial charge in [0.25, 0.3) is 11.8 Å². The average molecular weight is 474 g/mol. The largest absolute Gasteiger partial charge is 0.322 e. The fourth-order valence-corrected chi connectivity index (χ4v) is 5.04. The lowest BCUT2D eigenvalue weighted by Gasteiger charge is -2.29. The number of amides is 4. The second-order valence-corrected chi connectivity index (χ2v) is 8.99. The van der Waals surface area contributed by atoms with Gasteiger partial charge in [-0.15, -0.1) is 5.10 Å². The van der Waals surface area contributed by atoms with Crippen molar-refractivity contribution in [3.8, 4) is 5.69 Å². The topological polar surface area (TPSA) is 146 Å². The first-order chi connectivity index (χ1) is 16.9. The molecule has 2 N–H and O–H groups in total. The van der Waals surface area contributed by atoms with Gasteiger partial charge in [-0.2, -0.15) is 5.10 Å². The molecule has 1 saturated heterocycles. The number of rotatable bonds is 3. The van der Waals surface area contributed by atoms with E-state index in [-0.39, 0.29) is 29.8 Å². The Hall–Kier alpha value is -4.35. The molecule has 0 aliphatic carbocycles. The predicted molar refractivity (Wildman–Crippen MR) is 121 cm³/mol. The van der Waals surface area contributed by atoms with Crippen LogP contribution in [-0.4, -0.2) is 66.3 Å². The highest BCUT2D eigenvalue weighted by Crippen LogP contribution is 2.31. The van der Waals surface area contributed by atoms with E-state index in [0.717, 1.165) is 35.5 Å². The smallest absolute Gasteiger partial charge is 0.280 e. The van der Waals surface area contributed by atoms with Crippen molar-refractivity contribution in [3.05, 3.63) is 52.6 Å². The first-order valence-electron chi connectivity index (χ1n) is 11.5. The minimum absolute atomic E-state index is 0.190. The van der Waals surface area contributed by atoms with Crippen LogP contribution in [0, 0.1) is 6.92 Å². The summed E-state index contributed by atoms with van der Waals surface area (Å²) in [6.07, 6.45) is 3.68. The molecule has 3 aromatic rings. The molecule has 0 bridgehead atoms. The third kappa shape index (κ3) is 3.40. The number of piperidine rings is 1. The standard InChI is InChI=1S/C23H22N8O4/c1-12-20-16(26-25-12)3-2-8-29(20)23(35)17-11-31(28-27-17)14-5-4-13-10-30(22(34)15(13)9-14)18-6-7-19(32)24-21(18)33/h4-5,9,11,18H,2-3,6-8,10H2,1H3,(H,25,26)(H,24,32,33). The van der Waals surface area contributed by atoms with Crippen LogP contribution in [0.3, 0.4) is 0 Å². The molecule has 1 atom stereocenters. The van der Waals surface area contributed by atoms with Crippen LogP contribution < -0.4 is 10.2 Å². The molecule has 0 spiro atoms. The fourth-order valence-electron chi connectivity index (χ4n) is 5.04. The Kier molecular flexibility index (Phi) is 4.76. The lowest BCUT2D eigenvalue weighted by atomic mass is 10.0. The minimum atomic E-state index is -0.674. The SMILES string of the molecule is Cc1[nH]nc2c1N(C(=O)c1cn(-c3ccc4c(c3)C(=O)N(C3CCC(=O)NC3=O)C4)nn1)CCC2. The summed E-state index contributed by atoms with van der Waals surface area (Å²) in [5.74, 6) is -1.30. The number of hydrogen-bond acceptors (Lipinski definition) is 7. The molecule has 3 aliphatic rings. The normalized spacial score (nSPS) is 19.6. The summed E-state index contributed by atoms with van der Waals surface area (Å²) in [6, 6.07) is 4.62. The molecule has 178 valence electrons. The van der Waals surface area contributed by atoms with Crippen LogP contribution in [0.5, 0.6) is 0 Å². The maximum Gasteiger partial charge on any atom is 0.280 e. The third-order valence-corrected chi connectivity index (χ3v) is 6.79. The number of carbonyl (C=O) groups excluding carboxylic acids is 4. The number of nitrogens with one attached hydrogen (secondary N) is 2. The Morgan fingerprint density at radius 1 is 1.17 bits per heavy atom. The summed E-state index contributed by atoms with van der Waals surface area (Å²) in [5.41, 5.74) is 4.52. The molecule has 35 heavy (non-hydrogen) atoms. The van der Waals surface area contributed by atoms with Crippen molar-refractivity contribution in [2.24, 2.45) is 0 Å². The molecule has 0 radical (unpaired) electrons. The second kappa shape index (κ2) is 7.86. The molecule has 12 nitrogen and oxygen atoms in total. The summed E-state index contributed by atoms with van der Waals surface area (Å²) in [5, 5.41) is 17.7. The molecule has 12 heteroatoms. The van der Waals surface area contributed by atoms with Crippen molar-refractivity contribution < 1.29 is 19.2 Å². The number of nitrogens with zero attached hydrogens (tertiary/aromatic N) is 6. The number of benzene rings is 1. The van der Waals surface area contributed by atoms with Gasteiger partial charge >= 0.3 is 0 Å². The highest BCUT2D eigenvalue weighted by Gasteiger charge is 2.39. The third-order valence-electron chi connectivity index (χ3n) is 6.79. The maximum absolute atomic E-state index is 13.2. The van der Waals surface area contributed by atoms with Gasteiger partial charge in [-0.05, 0) is 43.9 Å². The van der Waals surface area contributed by atoms with E-state index in [1.54, 1.807) is 23.2 Å². The number of carbonyl (C=O) groups is 4. The number of aryl methyl sites for hydroxylation is 2. The highest BCUT2D eigenvalue weighted by atomic mass is 16.2. The zero-order valence-electron chi connectivity index (χ0n) is 18.9. The van der Waals surface area contributed by atoms with Gasteiger partial charge in [0.1, 0.15) is 6.04 Å². The number of aromatic nitrogens is 5. The van der Waals surface area contributed by atoms with E-state index in [4.69, 9.17) is 0 Å². The van der Waals surface area contributed by atoms with E-state index in [9.17, 15) is 19.2 Å². The number of fused-ring (bicyclic) bond motifs is 2. The van der Waals surface area contributed by atoms with Gasteiger partial charge in [-0.1, -0.05) is 11.3 Å². The summed E-state index contributed by atoms with van der Waals surface area (Å²) in [4.78, 5) is 53.2. The van der Waals surface area contributed by atoms with E-state index in [1.165, 1.54) is 9.58 Å². The summed E-state index contributed by atoms with van der Waals surface area (Å²) < 4.78 is 1.46. The summed E-state index contributed by atoms with van der Waals surface area (Å²) in [7, 11) is 0. The van der Waals surface area contributed by atoms with Crippen LogP contribution in [0.15, 0.2) is 24.4 Å². The Morgan fingerprint density at radius 2 is 2.03 bits per heavy atom. The molecular weight excluding hydrogens is 452 g/mol. The first kappa shape index (κ1) is 21.2. The van der Waals surface area contributed by atoms with Crippen LogP contribution in [0.4, 0.5) is 5.69 Å². The molecule has 1 aromatic carbocycles. The Bertz CT molecular complexity index is 1410. The molecule has 0 saturated carbocycles.